The van der Waals surface area contributed by atoms with Crippen LogP contribution in [0.3, 0.4) is 0 Å². The van der Waals surface area contributed by atoms with E-state index in [1.165, 1.54) is 4.90 Å². The SMILES string of the molecule is Cc1ccc(N2C(=O)N(CC(=O)N[C@H](C)CCC(C)C)C(=O)[C@H]2C)cc1. The third kappa shape index (κ3) is 4.62. The highest BCUT2D eigenvalue weighted by atomic mass is 16.2. The Bertz CT molecular complexity index is 669. The van der Waals surface area contributed by atoms with Crippen LogP contribution in [0, 0.1) is 12.8 Å². The van der Waals surface area contributed by atoms with Crippen molar-refractivity contribution in [2.45, 2.75) is 59.5 Å². The smallest absolute Gasteiger partial charge is 0.332 e. The standard InChI is InChI=1S/C20H29N3O3/c1-13(2)6-9-15(4)21-18(24)12-22-19(25)16(5)23(20(22)26)17-10-7-14(3)8-11-17/h7-8,10-11,13,15-16H,6,9,12H2,1-5H3,(H,21,24)/t15-,16-/m1/s1. The Hall–Kier alpha value is -2.37. The van der Waals surface area contributed by atoms with Gasteiger partial charge in [0, 0.05) is 11.7 Å². The molecule has 1 saturated heterocycles. The molecule has 1 N–H and O–H groups in total. The third-order valence-corrected chi connectivity index (χ3v) is 4.65. The molecule has 0 bridgehead atoms. The molecule has 0 aliphatic carbocycles. The molecule has 1 aromatic rings. The van der Waals surface area contributed by atoms with Gasteiger partial charge in [-0.05, 0) is 51.7 Å². The van der Waals surface area contributed by atoms with Crippen LogP contribution in [0.5, 0.6) is 0 Å². The summed E-state index contributed by atoms with van der Waals surface area (Å²) in [7, 11) is 0. The van der Waals surface area contributed by atoms with Gasteiger partial charge >= 0.3 is 6.03 Å². The zero-order valence-electron chi connectivity index (χ0n) is 16.3. The molecule has 6 nitrogen and oxygen atoms in total. The maximum atomic E-state index is 12.7. The number of carbonyl (C=O) groups is 3. The maximum Gasteiger partial charge on any atom is 0.332 e. The third-order valence-electron chi connectivity index (χ3n) is 4.65. The Morgan fingerprint density at radius 3 is 2.31 bits per heavy atom. The number of rotatable bonds is 7. The lowest BCUT2D eigenvalue weighted by molar-refractivity contribution is -0.132. The largest absolute Gasteiger partial charge is 0.352 e. The molecule has 26 heavy (non-hydrogen) atoms. The Morgan fingerprint density at radius 1 is 1.12 bits per heavy atom. The zero-order chi connectivity index (χ0) is 19.4. The summed E-state index contributed by atoms with van der Waals surface area (Å²) in [6, 6.07) is 6.37. The molecule has 0 aromatic heterocycles. The minimum absolute atomic E-state index is 0.0170. The van der Waals surface area contributed by atoms with E-state index in [0.717, 1.165) is 23.3 Å². The van der Waals surface area contributed by atoms with Crippen LogP contribution in [-0.2, 0) is 9.59 Å². The molecule has 2 atom stereocenters. The number of hydrogen-bond donors (Lipinski definition) is 1. The van der Waals surface area contributed by atoms with Crippen molar-refractivity contribution < 1.29 is 14.4 Å². The van der Waals surface area contributed by atoms with Gasteiger partial charge in [0.25, 0.3) is 5.91 Å². The minimum Gasteiger partial charge on any atom is -0.352 e. The fraction of sp³-hybridized carbons (Fsp3) is 0.550. The van der Waals surface area contributed by atoms with Crippen LogP contribution >= 0.6 is 0 Å². The molecule has 142 valence electrons. The zero-order valence-corrected chi connectivity index (χ0v) is 16.3. The number of carbonyl (C=O) groups excluding carboxylic acids is 3. The van der Waals surface area contributed by atoms with Crippen molar-refractivity contribution in [1.29, 1.82) is 0 Å². The number of aryl methyl sites for hydroxylation is 1. The molecular formula is C20H29N3O3. The number of nitrogens with zero attached hydrogens (tertiary/aromatic N) is 2. The van der Waals surface area contributed by atoms with Gasteiger partial charge in [-0.25, -0.2) is 4.79 Å². The normalized spacial score (nSPS) is 18.6. The molecule has 2 rings (SSSR count). The van der Waals surface area contributed by atoms with Gasteiger partial charge in [-0.15, -0.1) is 0 Å². The van der Waals surface area contributed by atoms with E-state index < -0.39 is 12.1 Å². The van der Waals surface area contributed by atoms with Crippen LogP contribution in [0.2, 0.25) is 0 Å². The molecule has 0 saturated carbocycles. The van der Waals surface area contributed by atoms with Crippen LogP contribution in [0.4, 0.5) is 10.5 Å². The summed E-state index contributed by atoms with van der Waals surface area (Å²) in [4.78, 5) is 39.9. The molecular weight excluding hydrogens is 330 g/mol. The molecule has 1 aliphatic rings. The number of urea groups is 1. The summed E-state index contributed by atoms with van der Waals surface area (Å²) in [5.41, 5.74) is 1.74. The van der Waals surface area contributed by atoms with Crippen LogP contribution in [0.15, 0.2) is 24.3 Å². The van der Waals surface area contributed by atoms with Gasteiger partial charge in [-0.1, -0.05) is 31.5 Å². The monoisotopic (exact) mass is 359 g/mol. The summed E-state index contributed by atoms with van der Waals surface area (Å²) in [6.45, 7) is 9.62. The summed E-state index contributed by atoms with van der Waals surface area (Å²) in [6.07, 6.45) is 1.89. The molecule has 0 spiro atoms. The molecule has 0 radical (unpaired) electrons. The summed E-state index contributed by atoms with van der Waals surface area (Å²) in [5, 5.41) is 2.88. The first-order chi connectivity index (χ1) is 12.2. The first-order valence-corrected chi connectivity index (χ1v) is 9.21. The second-order valence-electron chi connectivity index (χ2n) is 7.53. The fourth-order valence-electron chi connectivity index (χ4n) is 3.03. The maximum absolute atomic E-state index is 12.7. The number of hydrogen-bond acceptors (Lipinski definition) is 3. The molecule has 1 fully saturated rings. The second kappa shape index (κ2) is 8.34. The average molecular weight is 359 g/mol. The number of benzene rings is 1. The van der Waals surface area contributed by atoms with E-state index in [0.29, 0.717) is 11.6 Å². The highest BCUT2D eigenvalue weighted by Gasteiger charge is 2.44. The lowest BCUT2D eigenvalue weighted by Crippen LogP contribution is -2.44. The van der Waals surface area contributed by atoms with E-state index in [9.17, 15) is 14.4 Å². The summed E-state index contributed by atoms with van der Waals surface area (Å²) < 4.78 is 0. The van der Waals surface area contributed by atoms with E-state index in [4.69, 9.17) is 0 Å². The number of anilines is 1. The van der Waals surface area contributed by atoms with Gasteiger partial charge in [0.2, 0.25) is 5.91 Å². The van der Waals surface area contributed by atoms with Gasteiger partial charge in [0.05, 0.1) is 0 Å². The number of imide groups is 1. The van der Waals surface area contributed by atoms with Crippen LogP contribution in [0.1, 0.15) is 46.1 Å². The lowest BCUT2D eigenvalue weighted by atomic mass is 10.0. The highest BCUT2D eigenvalue weighted by molar-refractivity contribution is 6.15. The van der Waals surface area contributed by atoms with Gasteiger partial charge in [-0.2, -0.15) is 0 Å². The Morgan fingerprint density at radius 2 is 1.73 bits per heavy atom. The van der Waals surface area contributed by atoms with Crippen molar-refractivity contribution in [3.05, 3.63) is 29.8 Å². The van der Waals surface area contributed by atoms with E-state index in [2.05, 4.69) is 19.2 Å². The quantitative estimate of drug-likeness (QED) is 0.761. The van der Waals surface area contributed by atoms with E-state index in [-0.39, 0.29) is 24.4 Å². The molecule has 1 aliphatic heterocycles. The predicted octanol–water partition coefficient (Wildman–Crippen LogP) is 3.09. The van der Waals surface area contributed by atoms with Crippen LogP contribution in [-0.4, -0.2) is 41.4 Å². The van der Waals surface area contributed by atoms with Crippen molar-refractivity contribution in [3.63, 3.8) is 0 Å². The molecule has 1 heterocycles. The van der Waals surface area contributed by atoms with E-state index in [1.807, 2.05) is 38.1 Å². The van der Waals surface area contributed by atoms with Crippen LogP contribution in [0.25, 0.3) is 0 Å². The van der Waals surface area contributed by atoms with Gasteiger partial charge in [0.15, 0.2) is 0 Å². The first-order valence-electron chi connectivity index (χ1n) is 9.21. The van der Waals surface area contributed by atoms with Gasteiger partial charge in [0.1, 0.15) is 12.6 Å². The van der Waals surface area contributed by atoms with Crippen molar-refractivity contribution in [3.8, 4) is 0 Å². The van der Waals surface area contributed by atoms with E-state index in [1.54, 1.807) is 6.92 Å². The highest BCUT2D eigenvalue weighted by Crippen LogP contribution is 2.25. The minimum atomic E-state index is -0.614. The lowest BCUT2D eigenvalue weighted by Gasteiger charge is -2.20. The van der Waals surface area contributed by atoms with Crippen molar-refractivity contribution in [2.24, 2.45) is 5.92 Å². The Labute approximate surface area is 155 Å². The van der Waals surface area contributed by atoms with Crippen LogP contribution < -0.4 is 10.2 Å². The van der Waals surface area contributed by atoms with Crippen molar-refractivity contribution in [1.82, 2.24) is 10.2 Å². The second-order valence-corrected chi connectivity index (χ2v) is 7.53. The average Bonchev–Trinajstić information content (AvgIpc) is 2.78. The number of nitrogens with one attached hydrogen (secondary N) is 1. The predicted molar refractivity (Wildman–Crippen MR) is 102 cm³/mol. The molecule has 4 amide bonds. The Balaban J connectivity index is 2.01. The molecule has 0 unspecified atom stereocenters. The Kier molecular flexibility index (Phi) is 6.40. The topological polar surface area (TPSA) is 69.7 Å². The van der Waals surface area contributed by atoms with Crippen molar-refractivity contribution >= 4 is 23.5 Å². The number of amides is 4. The van der Waals surface area contributed by atoms with Gasteiger partial charge in [-0.3, -0.25) is 19.4 Å². The summed E-state index contributed by atoms with van der Waals surface area (Å²) >= 11 is 0. The fourth-order valence-corrected chi connectivity index (χ4v) is 3.03. The van der Waals surface area contributed by atoms with Gasteiger partial charge < -0.3 is 5.32 Å². The van der Waals surface area contributed by atoms with Crippen molar-refractivity contribution in [2.75, 3.05) is 11.4 Å². The van der Waals surface area contributed by atoms with E-state index >= 15 is 0 Å². The molecule has 6 heteroatoms. The summed E-state index contributed by atoms with van der Waals surface area (Å²) in [5.74, 6) is -0.0820. The first kappa shape index (κ1) is 19.9. The molecule has 1 aromatic carbocycles.